The summed E-state index contributed by atoms with van der Waals surface area (Å²) in [5.41, 5.74) is 4.70. The van der Waals surface area contributed by atoms with Crippen LogP contribution in [0.3, 0.4) is 0 Å². The lowest BCUT2D eigenvalue weighted by Gasteiger charge is -2.23. The van der Waals surface area contributed by atoms with E-state index in [1.54, 1.807) is 4.90 Å². The summed E-state index contributed by atoms with van der Waals surface area (Å²) in [6.45, 7) is 6.77. The Balaban J connectivity index is 1.58. The first kappa shape index (κ1) is 26.6. The number of hydrogen-bond donors (Lipinski definition) is 1. The Morgan fingerprint density at radius 1 is 1.03 bits per heavy atom. The Labute approximate surface area is 221 Å². The first-order valence-electron chi connectivity index (χ1n) is 13.8. The molecule has 3 aromatic rings. The number of carbonyl (C=O) groups excluding carboxylic acids is 2. The topological polar surface area (TPSA) is 67.2 Å². The molecule has 37 heavy (non-hydrogen) atoms. The zero-order valence-corrected chi connectivity index (χ0v) is 22.5. The largest absolute Gasteiger partial charge is 0.333 e. The summed E-state index contributed by atoms with van der Waals surface area (Å²) < 4.78 is 1.82. The molecule has 2 amide bonds. The summed E-state index contributed by atoms with van der Waals surface area (Å²) in [6, 6.07) is 18.0. The zero-order valence-electron chi connectivity index (χ0n) is 22.5. The molecule has 1 fully saturated rings. The number of unbranched alkanes of at least 4 members (excludes halogenated alkanes) is 1. The highest BCUT2D eigenvalue weighted by atomic mass is 16.2. The van der Waals surface area contributed by atoms with E-state index in [0.29, 0.717) is 24.7 Å². The number of nitrogens with zero attached hydrogens (tertiary/aromatic N) is 3. The minimum atomic E-state index is -0.197. The van der Waals surface area contributed by atoms with Crippen molar-refractivity contribution in [2.45, 2.75) is 72.1 Å². The molecule has 0 radical (unpaired) electrons. The lowest BCUT2D eigenvalue weighted by Crippen LogP contribution is -2.39. The van der Waals surface area contributed by atoms with Crippen LogP contribution in [0.1, 0.15) is 69.5 Å². The van der Waals surface area contributed by atoms with Crippen LogP contribution in [-0.2, 0) is 9.59 Å². The number of rotatable bonds is 11. The number of para-hydroxylation sites is 1. The molecular formula is C31H40N4O2. The van der Waals surface area contributed by atoms with Gasteiger partial charge in [0, 0.05) is 18.5 Å². The van der Waals surface area contributed by atoms with Crippen LogP contribution < -0.4 is 5.32 Å². The van der Waals surface area contributed by atoms with Crippen LogP contribution in [0.25, 0.3) is 16.8 Å². The van der Waals surface area contributed by atoms with Gasteiger partial charge in [0.2, 0.25) is 11.8 Å². The minimum Gasteiger partial charge on any atom is -0.333 e. The van der Waals surface area contributed by atoms with E-state index in [9.17, 15) is 9.59 Å². The fraction of sp³-hybridized carbons (Fsp3) is 0.452. The Bertz CT molecular complexity index is 1200. The van der Waals surface area contributed by atoms with Crippen molar-refractivity contribution in [1.29, 1.82) is 0 Å². The van der Waals surface area contributed by atoms with Crippen LogP contribution in [0.4, 0.5) is 5.82 Å². The van der Waals surface area contributed by atoms with Crippen LogP contribution in [0, 0.1) is 19.8 Å². The summed E-state index contributed by atoms with van der Waals surface area (Å²) in [4.78, 5) is 28.4. The van der Waals surface area contributed by atoms with Gasteiger partial charge in [-0.25, -0.2) is 4.68 Å². The van der Waals surface area contributed by atoms with Gasteiger partial charge in [0.05, 0.1) is 17.9 Å². The predicted molar refractivity (Wildman–Crippen MR) is 150 cm³/mol. The van der Waals surface area contributed by atoms with Gasteiger partial charge in [-0.2, -0.15) is 5.10 Å². The first-order valence-corrected chi connectivity index (χ1v) is 13.8. The van der Waals surface area contributed by atoms with Gasteiger partial charge in [0.15, 0.2) is 0 Å². The Hall–Kier alpha value is -3.41. The molecule has 196 valence electrons. The predicted octanol–water partition coefficient (Wildman–Crippen LogP) is 6.69. The summed E-state index contributed by atoms with van der Waals surface area (Å²) in [7, 11) is 0. The SMILES string of the molecule is CCCCN(CC(=O)Nc1c(-c2ccccc2)c(C)nn1-c1ccccc1C)C(=O)CCC1CCCC1. The van der Waals surface area contributed by atoms with Gasteiger partial charge < -0.3 is 10.2 Å². The number of aromatic nitrogens is 2. The number of carbonyl (C=O) groups is 2. The van der Waals surface area contributed by atoms with E-state index in [1.165, 1.54) is 25.7 Å². The molecule has 0 saturated heterocycles. The molecule has 1 aliphatic rings. The van der Waals surface area contributed by atoms with E-state index in [2.05, 4.69) is 12.2 Å². The van der Waals surface area contributed by atoms with Gasteiger partial charge >= 0.3 is 0 Å². The van der Waals surface area contributed by atoms with Gasteiger partial charge in [0.1, 0.15) is 5.82 Å². The van der Waals surface area contributed by atoms with Crippen molar-refractivity contribution in [3.8, 4) is 16.8 Å². The number of hydrogen-bond acceptors (Lipinski definition) is 3. The maximum Gasteiger partial charge on any atom is 0.245 e. The third kappa shape index (κ3) is 6.68. The maximum absolute atomic E-state index is 13.5. The third-order valence-corrected chi connectivity index (χ3v) is 7.43. The van der Waals surface area contributed by atoms with Crippen molar-refractivity contribution in [2.24, 2.45) is 5.92 Å². The highest BCUT2D eigenvalue weighted by Gasteiger charge is 2.24. The highest BCUT2D eigenvalue weighted by molar-refractivity contribution is 5.98. The van der Waals surface area contributed by atoms with E-state index < -0.39 is 0 Å². The van der Waals surface area contributed by atoms with E-state index in [0.717, 1.165) is 47.3 Å². The van der Waals surface area contributed by atoms with Crippen LogP contribution in [-0.4, -0.2) is 39.6 Å². The van der Waals surface area contributed by atoms with E-state index in [1.807, 2.05) is 73.1 Å². The van der Waals surface area contributed by atoms with Crippen LogP contribution in [0.15, 0.2) is 54.6 Å². The fourth-order valence-corrected chi connectivity index (χ4v) is 5.34. The Morgan fingerprint density at radius 2 is 1.73 bits per heavy atom. The van der Waals surface area contributed by atoms with Crippen LogP contribution in [0.2, 0.25) is 0 Å². The van der Waals surface area contributed by atoms with Crippen molar-refractivity contribution < 1.29 is 9.59 Å². The van der Waals surface area contributed by atoms with Gasteiger partial charge in [0.25, 0.3) is 0 Å². The molecule has 0 atom stereocenters. The van der Waals surface area contributed by atoms with Crippen molar-refractivity contribution in [3.63, 3.8) is 0 Å². The average Bonchev–Trinajstić information content (AvgIpc) is 3.53. The molecule has 0 unspecified atom stereocenters. The lowest BCUT2D eigenvalue weighted by atomic mass is 10.0. The normalized spacial score (nSPS) is 13.6. The average molecular weight is 501 g/mol. The zero-order chi connectivity index (χ0) is 26.2. The van der Waals surface area contributed by atoms with Gasteiger partial charge in [-0.05, 0) is 49.8 Å². The molecule has 1 saturated carbocycles. The smallest absolute Gasteiger partial charge is 0.245 e. The second-order valence-corrected chi connectivity index (χ2v) is 10.3. The van der Waals surface area contributed by atoms with Crippen LogP contribution >= 0.6 is 0 Å². The quantitative estimate of drug-likeness (QED) is 0.319. The van der Waals surface area contributed by atoms with Crippen molar-refractivity contribution in [2.75, 3.05) is 18.4 Å². The minimum absolute atomic E-state index is 0.0513. The molecule has 0 spiro atoms. The molecule has 1 aliphatic carbocycles. The molecule has 1 heterocycles. The van der Waals surface area contributed by atoms with E-state index >= 15 is 0 Å². The second-order valence-electron chi connectivity index (χ2n) is 10.3. The molecule has 1 aromatic heterocycles. The van der Waals surface area contributed by atoms with Crippen LogP contribution in [0.5, 0.6) is 0 Å². The van der Waals surface area contributed by atoms with Gasteiger partial charge in [-0.1, -0.05) is 87.6 Å². The van der Waals surface area contributed by atoms with E-state index in [4.69, 9.17) is 5.10 Å². The third-order valence-electron chi connectivity index (χ3n) is 7.43. The van der Waals surface area contributed by atoms with Crippen molar-refractivity contribution >= 4 is 17.6 Å². The number of aryl methyl sites for hydroxylation is 2. The van der Waals surface area contributed by atoms with Gasteiger partial charge in [-0.15, -0.1) is 0 Å². The molecular weight excluding hydrogens is 460 g/mol. The number of nitrogens with one attached hydrogen (secondary N) is 1. The second kappa shape index (κ2) is 12.7. The summed E-state index contributed by atoms with van der Waals surface area (Å²) in [6.07, 6.45) is 8.33. The fourth-order valence-electron chi connectivity index (χ4n) is 5.34. The first-order chi connectivity index (χ1) is 18.0. The standard InChI is InChI=1S/C31H40N4O2/c1-4-5-21-34(29(37)20-19-25-14-10-11-15-25)22-28(36)32-31-30(26-16-7-6-8-17-26)24(3)33-35(31)27-18-12-9-13-23(27)2/h6-9,12-13,16-18,25H,4-5,10-11,14-15,19-22H2,1-3H3,(H,32,36). The lowest BCUT2D eigenvalue weighted by molar-refractivity contribution is -0.135. The summed E-state index contributed by atoms with van der Waals surface area (Å²) in [5.74, 6) is 1.18. The highest BCUT2D eigenvalue weighted by Crippen LogP contribution is 2.34. The van der Waals surface area contributed by atoms with Crippen molar-refractivity contribution in [3.05, 3.63) is 65.9 Å². The molecule has 6 nitrogen and oxygen atoms in total. The summed E-state index contributed by atoms with van der Waals surface area (Å²) in [5, 5.41) is 7.98. The molecule has 2 aromatic carbocycles. The van der Waals surface area contributed by atoms with E-state index in [-0.39, 0.29) is 18.4 Å². The molecule has 6 heteroatoms. The number of benzene rings is 2. The maximum atomic E-state index is 13.5. The molecule has 4 rings (SSSR count). The monoisotopic (exact) mass is 500 g/mol. The Kier molecular flexibility index (Phi) is 9.15. The molecule has 1 N–H and O–H groups in total. The number of anilines is 1. The van der Waals surface area contributed by atoms with Gasteiger partial charge in [-0.3, -0.25) is 9.59 Å². The van der Waals surface area contributed by atoms with Crippen molar-refractivity contribution in [1.82, 2.24) is 14.7 Å². The molecule has 0 bridgehead atoms. The Morgan fingerprint density at radius 3 is 2.43 bits per heavy atom. The molecule has 0 aliphatic heterocycles. The summed E-state index contributed by atoms with van der Waals surface area (Å²) >= 11 is 0. The number of amides is 2.